The largest absolute Gasteiger partial charge is 0.493 e. The molecule has 2 aromatic rings. The molecule has 0 radical (unpaired) electrons. The van der Waals surface area contributed by atoms with Crippen molar-refractivity contribution in [2.45, 2.75) is 51.5 Å². The van der Waals surface area contributed by atoms with Gasteiger partial charge in [-0.25, -0.2) is 4.39 Å². The predicted octanol–water partition coefficient (Wildman–Crippen LogP) is 6.21. The number of hydrogen-bond donors (Lipinski definition) is 0. The molecule has 0 amide bonds. The Kier molecular flexibility index (Phi) is 9.63. The van der Waals surface area contributed by atoms with Crippen LogP contribution in [0.1, 0.15) is 68.2 Å². The van der Waals surface area contributed by atoms with Crippen LogP contribution < -0.4 is 9.47 Å². The average molecular weight is 474 g/mol. The number of benzene rings is 2. The summed E-state index contributed by atoms with van der Waals surface area (Å²) < 4.78 is 26.8. The fourth-order valence-electron chi connectivity index (χ4n) is 4.62. The summed E-state index contributed by atoms with van der Waals surface area (Å²) in [6, 6.07) is 12.0. The summed E-state index contributed by atoms with van der Waals surface area (Å²) in [5.74, 6) is 2.50. The molecule has 1 unspecified atom stereocenters. The first-order chi connectivity index (χ1) is 16.0. The molecule has 1 aliphatic heterocycles. The molecule has 0 saturated carbocycles. The molecule has 4 nitrogen and oxygen atoms in total. The van der Waals surface area contributed by atoms with Crippen LogP contribution in [0.5, 0.6) is 11.5 Å². The summed E-state index contributed by atoms with van der Waals surface area (Å²) in [6.07, 6.45) is 4.69. The number of hydrogen-bond acceptors (Lipinski definition) is 5. The van der Waals surface area contributed by atoms with Crippen molar-refractivity contribution in [1.29, 1.82) is 0 Å². The zero-order valence-electron chi connectivity index (χ0n) is 20.2. The molecule has 6 heteroatoms. The van der Waals surface area contributed by atoms with Gasteiger partial charge in [0.1, 0.15) is 23.6 Å². The Balaban J connectivity index is 1.83. The van der Waals surface area contributed by atoms with Crippen LogP contribution >= 0.6 is 11.8 Å². The Morgan fingerprint density at radius 1 is 1.18 bits per heavy atom. The lowest BCUT2D eigenvalue weighted by Crippen LogP contribution is -2.25. The quantitative estimate of drug-likeness (QED) is 0.271. The number of carbonyl (C=O) groups is 1. The van der Waals surface area contributed by atoms with E-state index in [2.05, 4.69) is 30.2 Å². The van der Waals surface area contributed by atoms with Gasteiger partial charge in [-0.3, -0.25) is 4.90 Å². The molecule has 0 spiro atoms. The van der Waals surface area contributed by atoms with Crippen LogP contribution in [0.4, 0.5) is 4.39 Å². The topological polar surface area (TPSA) is 38.8 Å². The first-order valence-electron chi connectivity index (χ1n) is 11.9. The summed E-state index contributed by atoms with van der Waals surface area (Å²) >= 11 is 1.76. The Morgan fingerprint density at radius 2 is 1.94 bits per heavy atom. The van der Waals surface area contributed by atoms with Crippen LogP contribution in [0, 0.1) is 5.82 Å². The number of halogens is 1. The third kappa shape index (κ3) is 6.30. The van der Waals surface area contributed by atoms with Gasteiger partial charge in [0.25, 0.3) is 0 Å². The summed E-state index contributed by atoms with van der Waals surface area (Å²) in [6.45, 7) is 8.28. The van der Waals surface area contributed by atoms with Gasteiger partial charge in [0.15, 0.2) is 0 Å². The zero-order chi connectivity index (χ0) is 23.8. The van der Waals surface area contributed by atoms with Crippen molar-refractivity contribution in [3.8, 4) is 11.5 Å². The third-order valence-corrected chi connectivity index (χ3v) is 7.10. The first-order valence-corrected chi connectivity index (χ1v) is 13.3. The molecule has 0 bridgehead atoms. The summed E-state index contributed by atoms with van der Waals surface area (Å²) in [5.41, 5.74) is 2.76. The molecular formula is C27H36FNO3S. The van der Waals surface area contributed by atoms with Crippen LogP contribution in [0.2, 0.25) is 0 Å². The zero-order valence-corrected chi connectivity index (χ0v) is 21.0. The fourth-order valence-corrected chi connectivity index (χ4v) is 4.87. The van der Waals surface area contributed by atoms with E-state index in [0.717, 1.165) is 41.8 Å². The van der Waals surface area contributed by atoms with E-state index in [-0.39, 0.29) is 23.7 Å². The highest BCUT2D eigenvalue weighted by Crippen LogP contribution is 2.43. The molecule has 0 aliphatic carbocycles. The lowest BCUT2D eigenvalue weighted by atomic mass is 9.90. The first kappa shape index (κ1) is 25.6. The van der Waals surface area contributed by atoms with Crippen LogP contribution in [-0.4, -0.2) is 49.5 Å². The van der Waals surface area contributed by atoms with Crippen molar-refractivity contribution < 1.29 is 18.7 Å². The lowest BCUT2D eigenvalue weighted by molar-refractivity contribution is -0.109. The van der Waals surface area contributed by atoms with Crippen molar-refractivity contribution in [3.63, 3.8) is 0 Å². The molecule has 1 fully saturated rings. The minimum absolute atomic E-state index is 0.0974. The lowest BCUT2D eigenvalue weighted by Gasteiger charge is -2.22. The molecule has 0 aromatic heterocycles. The SMILES string of the molecule is CCOc1cc([C@@H]2C[C@H](c3ccc(OCCSC)cc3)N(CC=O)C2)cc(F)c1C(C)CC. The Bertz CT molecular complexity index is 905. The molecule has 180 valence electrons. The summed E-state index contributed by atoms with van der Waals surface area (Å²) in [5, 5.41) is 0. The second-order valence-electron chi connectivity index (χ2n) is 8.64. The monoisotopic (exact) mass is 473 g/mol. The van der Waals surface area contributed by atoms with Gasteiger partial charge in [-0.1, -0.05) is 26.0 Å². The molecule has 1 aliphatic rings. The molecule has 3 rings (SSSR count). The number of thioether (sulfide) groups is 1. The smallest absolute Gasteiger partial charge is 0.134 e. The van der Waals surface area contributed by atoms with Crippen LogP contribution in [-0.2, 0) is 4.79 Å². The maximum absolute atomic E-state index is 15.2. The highest BCUT2D eigenvalue weighted by atomic mass is 32.2. The molecule has 1 heterocycles. The normalized spacial score (nSPS) is 19.4. The highest BCUT2D eigenvalue weighted by molar-refractivity contribution is 7.98. The number of ether oxygens (including phenoxy) is 2. The van der Waals surface area contributed by atoms with Gasteiger partial charge in [0, 0.05) is 23.9 Å². The number of nitrogens with zero attached hydrogens (tertiary/aromatic N) is 1. The maximum atomic E-state index is 15.2. The molecule has 1 saturated heterocycles. The van der Waals surface area contributed by atoms with E-state index in [1.807, 2.05) is 32.0 Å². The van der Waals surface area contributed by atoms with E-state index >= 15 is 4.39 Å². The van der Waals surface area contributed by atoms with Crippen molar-refractivity contribution in [3.05, 3.63) is 58.9 Å². The van der Waals surface area contributed by atoms with Crippen LogP contribution in [0.25, 0.3) is 0 Å². The number of rotatable bonds is 12. The van der Waals surface area contributed by atoms with Crippen LogP contribution in [0.15, 0.2) is 36.4 Å². The van der Waals surface area contributed by atoms with Gasteiger partial charge < -0.3 is 14.3 Å². The Labute approximate surface area is 201 Å². The van der Waals surface area contributed by atoms with Crippen LogP contribution in [0.3, 0.4) is 0 Å². The second kappa shape index (κ2) is 12.4. The van der Waals surface area contributed by atoms with Crippen molar-refractivity contribution in [1.82, 2.24) is 4.90 Å². The molecular weight excluding hydrogens is 437 g/mol. The van der Waals surface area contributed by atoms with E-state index in [1.54, 1.807) is 17.8 Å². The van der Waals surface area contributed by atoms with E-state index in [9.17, 15) is 4.79 Å². The van der Waals surface area contributed by atoms with E-state index in [0.29, 0.717) is 37.6 Å². The van der Waals surface area contributed by atoms with Gasteiger partial charge in [-0.2, -0.15) is 11.8 Å². The van der Waals surface area contributed by atoms with Gasteiger partial charge in [0.2, 0.25) is 0 Å². The highest BCUT2D eigenvalue weighted by Gasteiger charge is 2.34. The summed E-state index contributed by atoms with van der Waals surface area (Å²) in [7, 11) is 0. The average Bonchev–Trinajstić information content (AvgIpc) is 3.23. The Hall–Kier alpha value is -2.05. The standard InChI is InChI=1S/C27H36FNO3S/c1-5-19(3)27-24(28)15-21(17-26(27)31-6-2)22-16-25(29(18-22)11-12-30)20-7-9-23(10-8-20)32-13-14-33-4/h7-10,12,15,17,19,22,25H,5-6,11,13-14,16,18H2,1-4H3/t19?,22-,25-/m1/s1. The fraction of sp³-hybridized carbons (Fsp3) is 0.519. The minimum Gasteiger partial charge on any atom is -0.493 e. The van der Waals surface area contributed by atoms with Gasteiger partial charge in [0.05, 0.1) is 19.8 Å². The molecule has 33 heavy (non-hydrogen) atoms. The van der Waals surface area contributed by atoms with Gasteiger partial charge in [-0.05, 0) is 73.2 Å². The second-order valence-corrected chi connectivity index (χ2v) is 9.62. The van der Waals surface area contributed by atoms with E-state index < -0.39 is 0 Å². The molecule has 3 atom stereocenters. The predicted molar refractivity (Wildman–Crippen MR) is 134 cm³/mol. The summed E-state index contributed by atoms with van der Waals surface area (Å²) in [4.78, 5) is 13.6. The van der Waals surface area contributed by atoms with E-state index in [1.165, 1.54) is 0 Å². The number of likely N-dealkylation sites (tertiary alicyclic amines) is 1. The number of carbonyl (C=O) groups excluding carboxylic acids is 1. The van der Waals surface area contributed by atoms with Gasteiger partial charge >= 0.3 is 0 Å². The van der Waals surface area contributed by atoms with Crippen molar-refractivity contribution in [2.24, 2.45) is 0 Å². The third-order valence-electron chi connectivity index (χ3n) is 6.52. The van der Waals surface area contributed by atoms with Gasteiger partial charge in [-0.15, -0.1) is 0 Å². The maximum Gasteiger partial charge on any atom is 0.134 e. The number of aldehydes is 1. The molecule has 2 aromatic carbocycles. The van der Waals surface area contributed by atoms with Crippen molar-refractivity contribution in [2.75, 3.05) is 38.3 Å². The molecule has 0 N–H and O–H groups in total. The minimum atomic E-state index is -0.192. The van der Waals surface area contributed by atoms with E-state index in [4.69, 9.17) is 9.47 Å². The van der Waals surface area contributed by atoms with Crippen molar-refractivity contribution >= 4 is 18.0 Å². The Morgan fingerprint density at radius 3 is 2.58 bits per heavy atom.